The van der Waals surface area contributed by atoms with E-state index in [0.717, 1.165) is 17.6 Å². The number of furan rings is 1. The van der Waals surface area contributed by atoms with Crippen LogP contribution in [-0.4, -0.2) is 41.0 Å². The van der Waals surface area contributed by atoms with E-state index in [0.29, 0.717) is 11.3 Å². The normalized spacial score (nSPS) is 14.1. The van der Waals surface area contributed by atoms with E-state index >= 15 is 0 Å². The van der Waals surface area contributed by atoms with E-state index in [1.165, 1.54) is 31.4 Å². The van der Waals surface area contributed by atoms with Crippen molar-refractivity contribution >= 4 is 75.1 Å². The molecule has 0 bridgehead atoms. The standard InChI is InChI=1S/C25H18I2N2O8/c1-35-24(33)20-7-6-16(37-20)11-29-22(30)19(28-25(29)34)10-14-8-17(26)21(18(27)9-14)36-12-13-2-4-15(5-3-13)23(31)32/h2-10H,11-12H2,1H3,(H,28,34)(H,31,32)/b19-10-. The highest BCUT2D eigenvalue weighted by molar-refractivity contribution is 14.1. The molecule has 3 aromatic rings. The van der Waals surface area contributed by atoms with Crippen LogP contribution in [0.25, 0.3) is 6.08 Å². The van der Waals surface area contributed by atoms with Gasteiger partial charge in [-0.3, -0.25) is 9.69 Å². The number of methoxy groups -OCH3 is 1. The molecular formula is C25H18I2N2O8. The summed E-state index contributed by atoms with van der Waals surface area (Å²) in [5.41, 5.74) is 1.80. The third-order valence-corrected chi connectivity index (χ3v) is 6.84. The summed E-state index contributed by atoms with van der Waals surface area (Å²) in [5.74, 6) is -1.30. The van der Waals surface area contributed by atoms with Crippen LogP contribution in [-0.2, 0) is 22.7 Å². The summed E-state index contributed by atoms with van der Waals surface area (Å²) in [6, 6.07) is 12.4. The van der Waals surface area contributed by atoms with Gasteiger partial charge >= 0.3 is 18.0 Å². The van der Waals surface area contributed by atoms with Crippen molar-refractivity contribution < 1.29 is 38.2 Å². The number of carboxylic acid groups (broad SMARTS) is 1. The maximum atomic E-state index is 12.9. The van der Waals surface area contributed by atoms with Gasteiger partial charge in [-0.2, -0.15) is 0 Å². The van der Waals surface area contributed by atoms with Gasteiger partial charge in [0, 0.05) is 0 Å². The fourth-order valence-electron chi connectivity index (χ4n) is 3.41. The van der Waals surface area contributed by atoms with Gasteiger partial charge in [-0.05, 0) is 98.8 Å². The van der Waals surface area contributed by atoms with Crippen molar-refractivity contribution in [1.82, 2.24) is 10.2 Å². The molecule has 1 aromatic heterocycles. The fourth-order valence-corrected chi connectivity index (χ4v) is 5.54. The Labute approximate surface area is 237 Å². The largest absolute Gasteiger partial charge is 0.487 e. The molecule has 3 amide bonds. The third-order valence-electron chi connectivity index (χ3n) is 5.24. The molecule has 10 nitrogen and oxygen atoms in total. The average molecular weight is 728 g/mol. The summed E-state index contributed by atoms with van der Waals surface area (Å²) < 4.78 is 17.5. The van der Waals surface area contributed by atoms with Crippen LogP contribution in [0.3, 0.4) is 0 Å². The number of hydrogen-bond donors (Lipinski definition) is 2. The number of hydrogen-bond acceptors (Lipinski definition) is 7. The Hall–Kier alpha value is -3.40. The number of nitrogens with one attached hydrogen (secondary N) is 1. The molecule has 0 aliphatic carbocycles. The van der Waals surface area contributed by atoms with E-state index in [2.05, 4.69) is 55.2 Å². The average Bonchev–Trinajstić information content (AvgIpc) is 3.43. The van der Waals surface area contributed by atoms with Crippen molar-refractivity contribution in [2.75, 3.05) is 7.11 Å². The first-order valence-electron chi connectivity index (χ1n) is 10.6. The molecule has 0 saturated carbocycles. The van der Waals surface area contributed by atoms with Gasteiger partial charge in [-0.15, -0.1) is 0 Å². The number of amides is 3. The number of imide groups is 1. The Morgan fingerprint density at radius 2 is 1.76 bits per heavy atom. The molecule has 37 heavy (non-hydrogen) atoms. The van der Waals surface area contributed by atoms with E-state index in [9.17, 15) is 19.2 Å². The summed E-state index contributed by atoms with van der Waals surface area (Å²) in [6.45, 7) is 0.106. The number of urea groups is 1. The topological polar surface area (TPSA) is 135 Å². The summed E-state index contributed by atoms with van der Waals surface area (Å²) in [6.07, 6.45) is 1.57. The van der Waals surface area contributed by atoms with Gasteiger partial charge < -0.3 is 24.3 Å². The zero-order chi connectivity index (χ0) is 26.7. The summed E-state index contributed by atoms with van der Waals surface area (Å²) in [7, 11) is 1.22. The van der Waals surface area contributed by atoms with E-state index in [4.69, 9.17) is 14.3 Å². The minimum atomic E-state index is -0.991. The lowest BCUT2D eigenvalue weighted by Gasteiger charge is -2.12. The van der Waals surface area contributed by atoms with Crippen LogP contribution < -0.4 is 10.1 Å². The SMILES string of the molecule is COC(=O)c1ccc(CN2C(=O)N/C(=C\c3cc(I)c(OCc4ccc(C(=O)O)cc4)c(I)c3)C2=O)o1. The lowest BCUT2D eigenvalue weighted by atomic mass is 10.1. The molecule has 4 rings (SSSR count). The van der Waals surface area contributed by atoms with Crippen LogP contribution in [0.1, 0.15) is 37.8 Å². The summed E-state index contributed by atoms with van der Waals surface area (Å²) >= 11 is 4.25. The van der Waals surface area contributed by atoms with Crippen molar-refractivity contribution in [3.05, 3.63) is 89.6 Å². The summed E-state index contributed by atoms with van der Waals surface area (Å²) in [5, 5.41) is 11.6. The highest BCUT2D eigenvalue weighted by atomic mass is 127. The zero-order valence-corrected chi connectivity index (χ0v) is 23.4. The molecule has 190 valence electrons. The van der Waals surface area contributed by atoms with Gasteiger partial charge in [0.1, 0.15) is 23.8 Å². The van der Waals surface area contributed by atoms with Gasteiger partial charge in [-0.1, -0.05) is 12.1 Å². The Bertz CT molecular complexity index is 1410. The van der Waals surface area contributed by atoms with E-state index in [1.807, 2.05) is 12.1 Å². The van der Waals surface area contributed by atoms with Gasteiger partial charge in [0.25, 0.3) is 5.91 Å². The van der Waals surface area contributed by atoms with Crippen LogP contribution in [0, 0.1) is 7.14 Å². The molecule has 0 radical (unpaired) electrons. The van der Waals surface area contributed by atoms with Crippen molar-refractivity contribution in [3.8, 4) is 5.75 Å². The predicted octanol–water partition coefficient (Wildman–Crippen LogP) is 4.65. The quantitative estimate of drug-likeness (QED) is 0.148. The number of nitrogens with zero attached hydrogens (tertiary/aromatic N) is 1. The van der Waals surface area contributed by atoms with Crippen LogP contribution in [0.5, 0.6) is 5.75 Å². The first-order chi connectivity index (χ1) is 17.7. The Morgan fingerprint density at radius 3 is 2.38 bits per heavy atom. The lowest BCUT2D eigenvalue weighted by molar-refractivity contribution is -0.123. The molecule has 2 N–H and O–H groups in total. The van der Waals surface area contributed by atoms with Gasteiger partial charge in [-0.25, -0.2) is 14.4 Å². The number of ether oxygens (including phenoxy) is 2. The number of rotatable bonds is 8. The summed E-state index contributed by atoms with van der Waals surface area (Å²) in [4.78, 5) is 48.8. The molecule has 2 aromatic carbocycles. The van der Waals surface area contributed by atoms with Crippen molar-refractivity contribution in [2.24, 2.45) is 0 Å². The number of carbonyl (C=O) groups excluding carboxylic acids is 3. The van der Waals surface area contributed by atoms with Crippen LogP contribution in [0.2, 0.25) is 0 Å². The minimum Gasteiger partial charge on any atom is -0.487 e. The van der Waals surface area contributed by atoms with Crippen molar-refractivity contribution in [1.29, 1.82) is 0 Å². The number of carbonyl (C=O) groups is 4. The number of aromatic carboxylic acids is 1. The number of benzene rings is 2. The van der Waals surface area contributed by atoms with E-state index in [-0.39, 0.29) is 35.9 Å². The van der Waals surface area contributed by atoms with Crippen molar-refractivity contribution in [3.63, 3.8) is 0 Å². The fraction of sp³-hybridized carbons (Fsp3) is 0.120. The number of carboxylic acids is 1. The Balaban J connectivity index is 1.45. The molecule has 1 aliphatic rings. The molecular weight excluding hydrogens is 710 g/mol. The highest BCUT2D eigenvalue weighted by Gasteiger charge is 2.34. The first-order valence-corrected chi connectivity index (χ1v) is 12.8. The first kappa shape index (κ1) is 26.7. The van der Waals surface area contributed by atoms with E-state index < -0.39 is 23.9 Å². The number of halogens is 2. The van der Waals surface area contributed by atoms with E-state index in [1.54, 1.807) is 18.2 Å². The van der Waals surface area contributed by atoms with Crippen LogP contribution >= 0.6 is 45.2 Å². The molecule has 1 saturated heterocycles. The highest BCUT2D eigenvalue weighted by Crippen LogP contribution is 2.31. The molecule has 0 atom stereocenters. The maximum absolute atomic E-state index is 12.9. The molecule has 12 heteroatoms. The second-order valence-corrected chi connectivity index (χ2v) is 10.1. The van der Waals surface area contributed by atoms with Gasteiger partial charge in [0.15, 0.2) is 0 Å². The van der Waals surface area contributed by atoms with Crippen LogP contribution in [0.15, 0.2) is 58.6 Å². The maximum Gasteiger partial charge on any atom is 0.373 e. The Kier molecular flexibility index (Phi) is 8.16. The van der Waals surface area contributed by atoms with Gasteiger partial charge in [0.05, 0.1) is 26.4 Å². The monoisotopic (exact) mass is 728 g/mol. The number of esters is 1. The smallest absolute Gasteiger partial charge is 0.373 e. The Morgan fingerprint density at radius 1 is 1.08 bits per heavy atom. The molecule has 0 unspecified atom stereocenters. The minimum absolute atomic E-state index is 0.0240. The molecule has 0 spiro atoms. The predicted molar refractivity (Wildman–Crippen MR) is 147 cm³/mol. The molecule has 1 aliphatic heterocycles. The second-order valence-electron chi connectivity index (χ2n) is 7.74. The van der Waals surface area contributed by atoms with Crippen molar-refractivity contribution in [2.45, 2.75) is 13.2 Å². The third kappa shape index (κ3) is 6.12. The zero-order valence-electron chi connectivity index (χ0n) is 19.1. The van der Waals surface area contributed by atoms with Gasteiger partial charge in [0.2, 0.25) is 5.76 Å². The second kappa shape index (κ2) is 11.3. The molecule has 2 heterocycles. The lowest BCUT2D eigenvalue weighted by Crippen LogP contribution is -2.30. The van der Waals surface area contributed by atoms with Crippen LogP contribution in [0.4, 0.5) is 4.79 Å². The molecule has 1 fully saturated rings.